The van der Waals surface area contributed by atoms with Gasteiger partial charge in [-0.15, -0.1) is 0 Å². The summed E-state index contributed by atoms with van der Waals surface area (Å²) in [5.74, 6) is 3.30. The van der Waals surface area contributed by atoms with E-state index in [0.29, 0.717) is 5.41 Å². The lowest BCUT2D eigenvalue weighted by Gasteiger charge is -2.59. The average molecular weight is 261 g/mol. The molecule has 5 rings (SSSR count). The minimum Gasteiger partial charge on any atom is -0.311 e. The topological polar surface area (TPSA) is 12.0 Å². The maximum atomic E-state index is 4.08. The highest BCUT2D eigenvalue weighted by Crippen LogP contribution is 2.61. The van der Waals surface area contributed by atoms with Gasteiger partial charge in [-0.2, -0.15) is 0 Å². The zero-order chi connectivity index (χ0) is 12.9. The molecular formula is C18H31N. The largest absolute Gasteiger partial charge is 0.311 e. The van der Waals surface area contributed by atoms with Crippen molar-refractivity contribution in [3.63, 3.8) is 0 Å². The smallest absolute Gasteiger partial charge is 0.00980 e. The third kappa shape index (κ3) is 2.26. The van der Waals surface area contributed by atoms with Crippen molar-refractivity contribution in [2.75, 3.05) is 0 Å². The number of hydrogen-bond donors (Lipinski definition) is 1. The van der Waals surface area contributed by atoms with Crippen LogP contribution in [0.15, 0.2) is 0 Å². The van der Waals surface area contributed by atoms with Gasteiger partial charge >= 0.3 is 0 Å². The molecule has 1 N–H and O–H groups in total. The summed E-state index contributed by atoms with van der Waals surface area (Å²) in [6.45, 7) is 2.53. The van der Waals surface area contributed by atoms with Gasteiger partial charge in [0.05, 0.1) is 0 Å². The van der Waals surface area contributed by atoms with Gasteiger partial charge in [0.2, 0.25) is 0 Å². The summed E-state index contributed by atoms with van der Waals surface area (Å²) in [7, 11) is 0. The van der Waals surface area contributed by atoms with E-state index >= 15 is 0 Å². The van der Waals surface area contributed by atoms with Gasteiger partial charge in [-0.1, -0.05) is 19.3 Å². The van der Waals surface area contributed by atoms with E-state index in [4.69, 9.17) is 0 Å². The molecule has 0 spiro atoms. The van der Waals surface area contributed by atoms with Gasteiger partial charge in [0.25, 0.3) is 0 Å². The Morgan fingerprint density at radius 2 is 1.37 bits per heavy atom. The first kappa shape index (κ1) is 12.7. The fourth-order valence-corrected chi connectivity index (χ4v) is 6.51. The van der Waals surface area contributed by atoms with E-state index in [1.165, 1.54) is 32.1 Å². The van der Waals surface area contributed by atoms with Crippen LogP contribution in [0.3, 0.4) is 0 Å². The second-order valence-corrected chi connectivity index (χ2v) is 8.50. The maximum Gasteiger partial charge on any atom is 0.00980 e. The normalized spacial score (nSPS) is 47.5. The van der Waals surface area contributed by atoms with Gasteiger partial charge in [-0.05, 0) is 81.5 Å². The molecule has 5 fully saturated rings. The molecule has 5 saturated carbocycles. The van der Waals surface area contributed by atoms with Gasteiger partial charge in [-0.25, -0.2) is 0 Å². The SMILES string of the molecule is CC(NC1CCCCC1)C12CC3CC(CC(C3)C1)C2. The Morgan fingerprint density at radius 1 is 0.842 bits per heavy atom. The first-order valence-corrected chi connectivity index (χ1v) is 8.99. The number of rotatable bonds is 3. The molecule has 0 heterocycles. The molecule has 5 aliphatic carbocycles. The van der Waals surface area contributed by atoms with Crippen LogP contribution < -0.4 is 5.32 Å². The van der Waals surface area contributed by atoms with Crippen LogP contribution in [0.4, 0.5) is 0 Å². The van der Waals surface area contributed by atoms with Crippen molar-refractivity contribution in [1.82, 2.24) is 5.32 Å². The van der Waals surface area contributed by atoms with Crippen molar-refractivity contribution >= 4 is 0 Å². The molecular weight excluding hydrogens is 230 g/mol. The molecule has 19 heavy (non-hydrogen) atoms. The molecule has 1 unspecified atom stereocenters. The molecule has 0 aliphatic heterocycles. The molecule has 0 amide bonds. The highest BCUT2D eigenvalue weighted by molar-refractivity contribution is 5.05. The van der Waals surface area contributed by atoms with Crippen molar-refractivity contribution < 1.29 is 0 Å². The van der Waals surface area contributed by atoms with Crippen molar-refractivity contribution in [3.05, 3.63) is 0 Å². The summed E-state index contributed by atoms with van der Waals surface area (Å²) in [6, 6.07) is 1.63. The second-order valence-electron chi connectivity index (χ2n) is 8.50. The van der Waals surface area contributed by atoms with E-state index in [1.807, 2.05) is 0 Å². The van der Waals surface area contributed by atoms with Gasteiger partial charge in [0.15, 0.2) is 0 Å². The molecule has 0 aromatic rings. The lowest BCUT2D eigenvalue weighted by Crippen LogP contribution is -2.56. The van der Waals surface area contributed by atoms with E-state index in [1.54, 1.807) is 38.5 Å². The van der Waals surface area contributed by atoms with Crippen molar-refractivity contribution in [3.8, 4) is 0 Å². The summed E-state index contributed by atoms with van der Waals surface area (Å²) in [5.41, 5.74) is 0.701. The molecule has 0 aromatic heterocycles. The highest BCUT2D eigenvalue weighted by atomic mass is 15.0. The lowest BCUT2D eigenvalue weighted by molar-refractivity contribution is -0.0727. The Balaban J connectivity index is 1.45. The minimum absolute atomic E-state index is 0.701. The summed E-state index contributed by atoms with van der Waals surface area (Å²) < 4.78 is 0. The molecule has 1 nitrogen and oxygen atoms in total. The Kier molecular flexibility index (Phi) is 3.17. The van der Waals surface area contributed by atoms with E-state index in [9.17, 15) is 0 Å². The van der Waals surface area contributed by atoms with Crippen molar-refractivity contribution in [2.24, 2.45) is 23.2 Å². The Hall–Kier alpha value is -0.0400. The quantitative estimate of drug-likeness (QED) is 0.788. The van der Waals surface area contributed by atoms with E-state index in [0.717, 1.165) is 29.8 Å². The molecule has 1 heteroatoms. The lowest BCUT2D eigenvalue weighted by atomic mass is 9.48. The predicted molar refractivity (Wildman–Crippen MR) is 80.1 cm³/mol. The van der Waals surface area contributed by atoms with Crippen molar-refractivity contribution in [1.29, 1.82) is 0 Å². The fourth-order valence-electron chi connectivity index (χ4n) is 6.51. The predicted octanol–water partition coefficient (Wildman–Crippen LogP) is 4.51. The summed E-state index contributed by atoms with van der Waals surface area (Å²) in [5, 5.41) is 4.08. The van der Waals surface area contributed by atoms with Crippen LogP contribution in [0.25, 0.3) is 0 Å². The molecule has 0 aromatic carbocycles. The molecule has 1 atom stereocenters. The standard InChI is InChI=1S/C18H31N/c1-13(19-17-5-3-2-4-6-17)18-10-14-7-15(11-18)9-16(8-14)12-18/h13-17,19H,2-12H2,1H3. The summed E-state index contributed by atoms with van der Waals surface area (Å²) in [4.78, 5) is 0. The van der Waals surface area contributed by atoms with Crippen LogP contribution in [0.2, 0.25) is 0 Å². The van der Waals surface area contributed by atoms with Crippen LogP contribution >= 0.6 is 0 Å². The zero-order valence-electron chi connectivity index (χ0n) is 12.7. The van der Waals surface area contributed by atoms with Gasteiger partial charge < -0.3 is 5.32 Å². The van der Waals surface area contributed by atoms with Gasteiger partial charge in [0, 0.05) is 12.1 Å². The van der Waals surface area contributed by atoms with Crippen molar-refractivity contribution in [2.45, 2.75) is 89.6 Å². The second kappa shape index (κ2) is 4.76. The number of hydrogen-bond acceptors (Lipinski definition) is 1. The third-order valence-electron chi connectivity index (χ3n) is 7.10. The monoisotopic (exact) mass is 261 g/mol. The van der Waals surface area contributed by atoms with Crippen LogP contribution in [0.5, 0.6) is 0 Å². The Bertz CT molecular complexity index is 293. The number of nitrogens with one attached hydrogen (secondary N) is 1. The maximum absolute atomic E-state index is 4.08. The van der Waals surface area contributed by atoms with Crippen LogP contribution in [-0.2, 0) is 0 Å². The van der Waals surface area contributed by atoms with Crippen LogP contribution in [-0.4, -0.2) is 12.1 Å². The summed E-state index contributed by atoms with van der Waals surface area (Å²) >= 11 is 0. The Morgan fingerprint density at radius 3 is 1.89 bits per heavy atom. The Labute approximate surface area is 118 Å². The first-order chi connectivity index (χ1) is 9.23. The summed E-state index contributed by atoms with van der Waals surface area (Å²) in [6.07, 6.45) is 16.7. The molecule has 4 bridgehead atoms. The first-order valence-electron chi connectivity index (χ1n) is 8.99. The van der Waals surface area contributed by atoms with Crippen LogP contribution in [0, 0.1) is 23.2 Å². The van der Waals surface area contributed by atoms with Gasteiger partial charge in [-0.3, -0.25) is 0 Å². The molecule has 5 aliphatic rings. The van der Waals surface area contributed by atoms with Gasteiger partial charge in [0.1, 0.15) is 0 Å². The molecule has 0 saturated heterocycles. The zero-order valence-corrected chi connectivity index (χ0v) is 12.7. The van der Waals surface area contributed by atoms with E-state index < -0.39 is 0 Å². The fraction of sp³-hybridized carbons (Fsp3) is 1.00. The van der Waals surface area contributed by atoms with Crippen LogP contribution in [0.1, 0.15) is 77.6 Å². The van der Waals surface area contributed by atoms with E-state index in [-0.39, 0.29) is 0 Å². The average Bonchev–Trinajstić information content (AvgIpc) is 2.38. The minimum atomic E-state index is 0.701. The third-order valence-corrected chi connectivity index (χ3v) is 7.10. The molecule has 108 valence electrons. The van der Waals surface area contributed by atoms with E-state index in [2.05, 4.69) is 12.2 Å². The highest BCUT2D eigenvalue weighted by Gasteiger charge is 2.53. The molecule has 0 radical (unpaired) electrons.